The topological polar surface area (TPSA) is 140 Å². The summed E-state index contributed by atoms with van der Waals surface area (Å²) in [6.07, 6.45) is -0.342. The summed E-state index contributed by atoms with van der Waals surface area (Å²) in [6.45, 7) is 7.92. The molecule has 1 saturated heterocycles. The van der Waals surface area contributed by atoms with Crippen LogP contribution in [0.2, 0.25) is 0 Å². The molecule has 2 heterocycles. The highest BCUT2D eigenvalue weighted by Gasteiger charge is 2.45. The Balaban J connectivity index is 1.32. The highest BCUT2D eigenvalue weighted by Crippen LogP contribution is 2.33. The van der Waals surface area contributed by atoms with E-state index in [0.717, 1.165) is 23.2 Å². The predicted octanol–water partition coefficient (Wildman–Crippen LogP) is 5.15. The number of alkyl carbamates (subject to hydrolysis) is 1. The quantitative estimate of drug-likeness (QED) is 0.286. The maximum absolute atomic E-state index is 13.1. The van der Waals surface area contributed by atoms with Gasteiger partial charge >= 0.3 is 12.2 Å². The standard InChI is InChI=1S/C31H37N5O6S/c1-5-6-12-24(27(37)28(38)32-20(2)21-10-8-7-9-11-21)33-29(39)42-26-17-36(19-31(26,3)4)30(40)41-23-15-13-22(14-16-23)25-18-43-35-34-25/h7-11,13-16,18,20,24,26H,5-6,12,17,19H2,1-4H3,(H,32,38)(H,33,39)/t20-,24+,26+/m1/s1. The number of amides is 3. The van der Waals surface area contributed by atoms with Crippen molar-refractivity contribution in [3.05, 3.63) is 65.5 Å². The Bertz CT molecular complexity index is 1400. The molecule has 228 valence electrons. The van der Waals surface area contributed by atoms with Crippen LogP contribution >= 0.6 is 11.5 Å². The summed E-state index contributed by atoms with van der Waals surface area (Å²) in [4.78, 5) is 53.2. The second-order valence-electron chi connectivity index (χ2n) is 11.3. The monoisotopic (exact) mass is 607 g/mol. The van der Waals surface area contributed by atoms with Gasteiger partial charge in [0.15, 0.2) is 0 Å². The maximum Gasteiger partial charge on any atom is 0.415 e. The molecule has 2 N–H and O–H groups in total. The number of carbonyl (C=O) groups is 4. The van der Waals surface area contributed by atoms with Gasteiger partial charge in [0, 0.05) is 22.9 Å². The fourth-order valence-electron chi connectivity index (χ4n) is 4.82. The molecule has 0 spiro atoms. The smallest absolute Gasteiger partial charge is 0.415 e. The molecular weight excluding hydrogens is 570 g/mol. The van der Waals surface area contributed by atoms with Crippen LogP contribution in [0.25, 0.3) is 11.3 Å². The SMILES string of the molecule is CCCC[C@H](NC(=O)O[C@H]1CN(C(=O)Oc2ccc(-c3csnn3)cc2)CC1(C)C)C(=O)C(=O)N[C@H](C)c1ccccc1. The summed E-state index contributed by atoms with van der Waals surface area (Å²) in [7, 11) is 0. The Labute approximate surface area is 255 Å². The van der Waals surface area contributed by atoms with Crippen LogP contribution in [0.3, 0.4) is 0 Å². The van der Waals surface area contributed by atoms with Crippen molar-refractivity contribution in [1.29, 1.82) is 0 Å². The molecule has 1 aliphatic heterocycles. The molecule has 1 aromatic heterocycles. The number of unbranched alkanes of at least 4 members (excludes halogenated alkanes) is 1. The number of benzene rings is 2. The first-order chi connectivity index (χ1) is 20.6. The van der Waals surface area contributed by atoms with Crippen LogP contribution in [-0.4, -0.2) is 63.6 Å². The number of Topliss-reactive ketones (excluding diaryl/α,β-unsaturated/α-hetero) is 1. The Hall–Kier alpha value is -4.32. The van der Waals surface area contributed by atoms with E-state index in [-0.39, 0.29) is 12.6 Å². The van der Waals surface area contributed by atoms with Crippen LogP contribution in [0.15, 0.2) is 60.0 Å². The molecule has 0 unspecified atom stereocenters. The Morgan fingerprint density at radius 1 is 1.07 bits per heavy atom. The third-order valence-corrected chi connectivity index (χ3v) is 7.91. The van der Waals surface area contributed by atoms with Gasteiger partial charge in [0.1, 0.15) is 23.6 Å². The number of carbonyl (C=O) groups excluding carboxylic acids is 4. The van der Waals surface area contributed by atoms with E-state index in [1.807, 2.05) is 56.5 Å². The van der Waals surface area contributed by atoms with Crippen molar-refractivity contribution in [2.45, 2.75) is 65.1 Å². The summed E-state index contributed by atoms with van der Waals surface area (Å²) < 4.78 is 15.1. The van der Waals surface area contributed by atoms with E-state index in [1.165, 1.54) is 16.4 Å². The van der Waals surface area contributed by atoms with Crippen molar-refractivity contribution in [2.24, 2.45) is 5.41 Å². The first kappa shape index (κ1) is 31.6. The number of nitrogens with zero attached hydrogens (tertiary/aromatic N) is 3. The molecule has 12 heteroatoms. The summed E-state index contributed by atoms with van der Waals surface area (Å²) >= 11 is 1.25. The minimum Gasteiger partial charge on any atom is -0.444 e. The lowest BCUT2D eigenvalue weighted by Crippen LogP contribution is -2.49. The van der Waals surface area contributed by atoms with Crippen molar-refractivity contribution in [1.82, 2.24) is 25.1 Å². The zero-order valence-corrected chi connectivity index (χ0v) is 25.6. The summed E-state index contributed by atoms with van der Waals surface area (Å²) in [5.74, 6) is -1.14. The fraction of sp³-hybridized carbons (Fsp3) is 0.419. The van der Waals surface area contributed by atoms with Gasteiger partial charge in [0.25, 0.3) is 5.91 Å². The molecule has 1 aliphatic rings. The predicted molar refractivity (Wildman–Crippen MR) is 161 cm³/mol. The van der Waals surface area contributed by atoms with E-state index in [2.05, 4.69) is 20.2 Å². The van der Waals surface area contributed by atoms with Gasteiger partial charge in [-0.15, -0.1) is 5.10 Å². The molecule has 0 saturated carbocycles. The molecule has 0 bridgehead atoms. The van der Waals surface area contributed by atoms with Gasteiger partial charge in [-0.05, 0) is 54.7 Å². The third kappa shape index (κ3) is 8.38. The van der Waals surface area contributed by atoms with Crippen LogP contribution in [0.4, 0.5) is 9.59 Å². The van der Waals surface area contributed by atoms with E-state index in [0.29, 0.717) is 25.1 Å². The van der Waals surface area contributed by atoms with E-state index < -0.39 is 41.4 Å². The fourth-order valence-corrected chi connectivity index (χ4v) is 5.29. The van der Waals surface area contributed by atoms with Gasteiger partial charge in [-0.2, -0.15) is 0 Å². The highest BCUT2D eigenvalue weighted by atomic mass is 32.1. The number of nitrogens with one attached hydrogen (secondary N) is 2. The molecule has 0 radical (unpaired) electrons. The van der Waals surface area contributed by atoms with Crippen molar-refractivity contribution in [3.8, 4) is 17.0 Å². The Kier molecular flexibility index (Phi) is 10.5. The molecule has 2 aromatic carbocycles. The third-order valence-electron chi connectivity index (χ3n) is 7.40. The zero-order chi connectivity index (χ0) is 31.0. The van der Waals surface area contributed by atoms with Crippen LogP contribution in [0, 0.1) is 5.41 Å². The average Bonchev–Trinajstić information content (AvgIpc) is 3.63. The van der Waals surface area contributed by atoms with Gasteiger partial charge in [-0.1, -0.05) is 68.4 Å². The van der Waals surface area contributed by atoms with Crippen LogP contribution in [0.1, 0.15) is 58.6 Å². The van der Waals surface area contributed by atoms with Gasteiger partial charge < -0.3 is 25.0 Å². The first-order valence-electron chi connectivity index (χ1n) is 14.3. The normalized spacial score (nSPS) is 17.0. The number of aromatic nitrogens is 2. The highest BCUT2D eigenvalue weighted by molar-refractivity contribution is 7.03. The Morgan fingerprint density at radius 2 is 1.79 bits per heavy atom. The largest absolute Gasteiger partial charge is 0.444 e. The van der Waals surface area contributed by atoms with Gasteiger partial charge in [-0.25, -0.2) is 9.59 Å². The lowest BCUT2D eigenvalue weighted by atomic mass is 9.90. The Morgan fingerprint density at radius 3 is 2.44 bits per heavy atom. The zero-order valence-electron chi connectivity index (χ0n) is 24.7. The molecule has 4 rings (SSSR count). The van der Waals surface area contributed by atoms with Crippen LogP contribution in [0.5, 0.6) is 5.75 Å². The number of ether oxygens (including phenoxy) is 2. The molecule has 11 nitrogen and oxygen atoms in total. The number of rotatable bonds is 11. The molecular formula is C31H37N5O6S. The van der Waals surface area contributed by atoms with Gasteiger partial charge in [0.2, 0.25) is 5.78 Å². The molecule has 3 atom stereocenters. The number of ketones is 1. The van der Waals surface area contributed by atoms with E-state index in [4.69, 9.17) is 9.47 Å². The number of likely N-dealkylation sites (tertiary alicyclic amines) is 1. The lowest BCUT2D eigenvalue weighted by Gasteiger charge is -2.26. The van der Waals surface area contributed by atoms with E-state index in [1.54, 1.807) is 31.2 Å². The minimum atomic E-state index is -1.04. The van der Waals surface area contributed by atoms with Crippen LogP contribution in [-0.2, 0) is 14.3 Å². The minimum absolute atomic E-state index is 0.116. The molecule has 0 aliphatic carbocycles. The van der Waals surface area contributed by atoms with Gasteiger partial charge in [0.05, 0.1) is 12.6 Å². The first-order valence-corrected chi connectivity index (χ1v) is 15.1. The van der Waals surface area contributed by atoms with E-state index in [9.17, 15) is 19.2 Å². The number of hydrogen-bond donors (Lipinski definition) is 2. The van der Waals surface area contributed by atoms with Gasteiger partial charge in [-0.3, -0.25) is 9.59 Å². The second kappa shape index (κ2) is 14.2. The van der Waals surface area contributed by atoms with Crippen molar-refractivity contribution in [2.75, 3.05) is 13.1 Å². The summed E-state index contributed by atoms with van der Waals surface area (Å²) in [6, 6.07) is 14.8. The average molecular weight is 608 g/mol. The summed E-state index contributed by atoms with van der Waals surface area (Å²) in [5.41, 5.74) is 1.87. The van der Waals surface area contributed by atoms with E-state index >= 15 is 0 Å². The number of hydrogen-bond acceptors (Lipinski definition) is 9. The second-order valence-corrected chi connectivity index (χ2v) is 11.9. The lowest BCUT2D eigenvalue weighted by molar-refractivity contribution is -0.139. The van der Waals surface area contributed by atoms with Crippen molar-refractivity contribution in [3.63, 3.8) is 0 Å². The summed E-state index contributed by atoms with van der Waals surface area (Å²) in [5, 5.41) is 11.2. The molecule has 3 amide bonds. The molecule has 3 aromatic rings. The maximum atomic E-state index is 13.1. The van der Waals surface area contributed by atoms with Crippen molar-refractivity contribution >= 4 is 35.4 Å². The van der Waals surface area contributed by atoms with Crippen molar-refractivity contribution < 1.29 is 28.7 Å². The van der Waals surface area contributed by atoms with Crippen LogP contribution < -0.4 is 15.4 Å². The molecule has 1 fully saturated rings. The molecule has 43 heavy (non-hydrogen) atoms.